The molecule has 102 valence electrons. The number of hydrogen-bond acceptors (Lipinski definition) is 3. The minimum absolute atomic E-state index is 0.252. The Balaban J connectivity index is 2.02. The Bertz CT molecular complexity index is 521. The summed E-state index contributed by atoms with van der Waals surface area (Å²) < 4.78 is 0.776. The van der Waals surface area contributed by atoms with Gasteiger partial charge in [0.15, 0.2) is 0 Å². The lowest BCUT2D eigenvalue weighted by atomic mass is 10.1. The summed E-state index contributed by atoms with van der Waals surface area (Å²) in [7, 11) is 0. The number of hydrogen-bond donors (Lipinski definition) is 2. The van der Waals surface area contributed by atoms with Crippen LogP contribution in [0, 0.1) is 12.8 Å². The van der Waals surface area contributed by atoms with E-state index < -0.39 is 11.9 Å². The Morgan fingerprint density at radius 2 is 2.32 bits per heavy atom. The van der Waals surface area contributed by atoms with Gasteiger partial charge in [-0.05, 0) is 35.3 Å². The summed E-state index contributed by atoms with van der Waals surface area (Å²) in [6.45, 7) is 2.51. The smallest absolute Gasteiger partial charge is 0.321 e. The van der Waals surface area contributed by atoms with Crippen LogP contribution >= 0.6 is 15.9 Å². The van der Waals surface area contributed by atoms with Crippen molar-refractivity contribution in [2.45, 2.75) is 13.3 Å². The van der Waals surface area contributed by atoms with Crippen molar-refractivity contribution in [1.29, 1.82) is 0 Å². The van der Waals surface area contributed by atoms with E-state index in [4.69, 9.17) is 5.11 Å². The molecule has 2 amide bonds. The van der Waals surface area contributed by atoms with Crippen LogP contribution in [-0.2, 0) is 4.79 Å². The second kappa shape index (κ2) is 5.56. The second-order valence-electron chi connectivity index (χ2n) is 4.49. The van der Waals surface area contributed by atoms with Gasteiger partial charge in [-0.1, -0.05) is 0 Å². The Morgan fingerprint density at radius 1 is 1.58 bits per heavy atom. The van der Waals surface area contributed by atoms with Crippen molar-refractivity contribution < 1.29 is 14.7 Å². The summed E-state index contributed by atoms with van der Waals surface area (Å²) in [5.41, 5.74) is 1.34. The first-order valence-electron chi connectivity index (χ1n) is 5.88. The predicted molar refractivity (Wildman–Crippen MR) is 73.0 cm³/mol. The summed E-state index contributed by atoms with van der Waals surface area (Å²) >= 11 is 3.29. The summed E-state index contributed by atoms with van der Waals surface area (Å²) in [5.74, 6) is -1.32. The van der Waals surface area contributed by atoms with Gasteiger partial charge in [0.25, 0.3) is 0 Å². The fourth-order valence-electron chi connectivity index (χ4n) is 1.97. The molecule has 1 fully saturated rings. The predicted octanol–water partition coefficient (Wildman–Crippen LogP) is 2.09. The molecular formula is C12H14BrN3O3. The van der Waals surface area contributed by atoms with Crippen LogP contribution in [0.25, 0.3) is 0 Å². The van der Waals surface area contributed by atoms with Crippen molar-refractivity contribution in [3.63, 3.8) is 0 Å². The number of nitrogens with one attached hydrogen (secondary N) is 1. The Labute approximate surface area is 118 Å². The second-order valence-corrected chi connectivity index (χ2v) is 5.40. The number of carboxylic acids is 1. The van der Waals surface area contributed by atoms with Crippen LogP contribution in [0.5, 0.6) is 0 Å². The molecule has 2 rings (SSSR count). The highest BCUT2D eigenvalue weighted by Crippen LogP contribution is 2.21. The van der Waals surface area contributed by atoms with Crippen molar-refractivity contribution in [1.82, 2.24) is 9.88 Å². The zero-order valence-corrected chi connectivity index (χ0v) is 12.0. The topological polar surface area (TPSA) is 82.5 Å². The standard InChI is InChI=1S/C12H14BrN3O3/c1-7-10(4-9(13)5-14-7)15-12(19)16-3-2-8(6-16)11(17)18/h4-5,8H,2-3,6H2,1H3,(H,15,19)(H,17,18). The molecule has 0 aromatic carbocycles. The Morgan fingerprint density at radius 3 is 2.95 bits per heavy atom. The molecular weight excluding hydrogens is 314 g/mol. The summed E-state index contributed by atoms with van der Waals surface area (Å²) in [6, 6.07) is 1.48. The molecule has 0 bridgehead atoms. The van der Waals surface area contributed by atoms with E-state index in [-0.39, 0.29) is 12.6 Å². The average molecular weight is 328 g/mol. The number of nitrogens with zero attached hydrogens (tertiary/aromatic N) is 2. The van der Waals surface area contributed by atoms with E-state index in [0.717, 1.165) is 4.47 Å². The lowest BCUT2D eigenvalue weighted by Crippen LogP contribution is -2.34. The van der Waals surface area contributed by atoms with Crippen LogP contribution in [0.2, 0.25) is 0 Å². The number of likely N-dealkylation sites (tertiary alicyclic amines) is 1. The lowest BCUT2D eigenvalue weighted by Gasteiger charge is -2.17. The van der Waals surface area contributed by atoms with Gasteiger partial charge in [-0.2, -0.15) is 0 Å². The van der Waals surface area contributed by atoms with Crippen molar-refractivity contribution in [3.8, 4) is 0 Å². The first-order valence-corrected chi connectivity index (χ1v) is 6.67. The van der Waals surface area contributed by atoms with E-state index in [9.17, 15) is 9.59 Å². The number of rotatable bonds is 2. The zero-order chi connectivity index (χ0) is 14.0. The Kier molecular flexibility index (Phi) is 4.04. The first kappa shape index (κ1) is 13.8. The van der Waals surface area contributed by atoms with Gasteiger partial charge in [0.05, 0.1) is 17.3 Å². The number of aromatic nitrogens is 1. The monoisotopic (exact) mass is 327 g/mol. The molecule has 1 atom stereocenters. The summed E-state index contributed by atoms with van der Waals surface area (Å²) in [4.78, 5) is 28.5. The number of carbonyl (C=O) groups excluding carboxylic acids is 1. The lowest BCUT2D eigenvalue weighted by molar-refractivity contribution is -0.141. The van der Waals surface area contributed by atoms with Crippen LogP contribution < -0.4 is 5.32 Å². The molecule has 0 saturated carbocycles. The fourth-order valence-corrected chi connectivity index (χ4v) is 2.31. The third-order valence-corrected chi connectivity index (χ3v) is 3.55. The van der Waals surface area contributed by atoms with Gasteiger partial charge in [0, 0.05) is 23.8 Å². The highest BCUT2D eigenvalue weighted by molar-refractivity contribution is 9.10. The number of urea groups is 1. The number of anilines is 1. The number of carbonyl (C=O) groups is 2. The number of carboxylic acid groups (broad SMARTS) is 1. The molecule has 7 heteroatoms. The van der Waals surface area contributed by atoms with E-state index in [1.54, 1.807) is 19.2 Å². The van der Waals surface area contributed by atoms with Crippen molar-refractivity contribution in [3.05, 3.63) is 22.4 Å². The van der Waals surface area contributed by atoms with Crippen molar-refractivity contribution in [2.75, 3.05) is 18.4 Å². The number of aryl methyl sites for hydroxylation is 1. The quantitative estimate of drug-likeness (QED) is 0.871. The van der Waals surface area contributed by atoms with Crippen LogP contribution in [0.3, 0.4) is 0 Å². The number of amides is 2. The van der Waals surface area contributed by atoms with Crippen LogP contribution in [0.1, 0.15) is 12.1 Å². The minimum atomic E-state index is -0.851. The van der Waals surface area contributed by atoms with Crippen molar-refractivity contribution in [2.24, 2.45) is 5.92 Å². The van der Waals surface area contributed by atoms with E-state index in [1.807, 2.05) is 0 Å². The maximum Gasteiger partial charge on any atom is 0.321 e. The molecule has 19 heavy (non-hydrogen) atoms. The summed E-state index contributed by atoms with van der Waals surface area (Å²) in [6.07, 6.45) is 2.15. The zero-order valence-electron chi connectivity index (χ0n) is 10.4. The molecule has 2 heterocycles. The third kappa shape index (κ3) is 3.23. The molecule has 1 aliphatic rings. The Hall–Kier alpha value is -1.63. The largest absolute Gasteiger partial charge is 0.481 e. The summed E-state index contributed by atoms with van der Waals surface area (Å²) in [5, 5.41) is 11.7. The molecule has 0 radical (unpaired) electrons. The highest BCUT2D eigenvalue weighted by Gasteiger charge is 2.30. The molecule has 1 aliphatic heterocycles. The molecule has 1 saturated heterocycles. The molecule has 1 aromatic rings. The molecule has 1 aromatic heterocycles. The first-order chi connectivity index (χ1) is 8.97. The van der Waals surface area contributed by atoms with E-state index in [1.165, 1.54) is 4.90 Å². The normalized spacial score (nSPS) is 18.4. The minimum Gasteiger partial charge on any atom is -0.481 e. The number of halogens is 1. The molecule has 1 unspecified atom stereocenters. The van der Waals surface area contributed by atoms with E-state index >= 15 is 0 Å². The maximum atomic E-state index is 12.0. The molecule has 0 spiro atoms. The van der Waals surface area contributed by atoms with Gasteiger partial charge in [0.1, 0.15) is 0 Å². The van der Waals surface area contributed by atoms with Gasteiger partial charge in [-0.15, -0.1) is 0 Å². The molecule has 0 aliphatic carbocycles. The van der Waals surface area contributed by atoms with Crippen molar-refractivity contribution >= 4 is 33.6 Å². The van der Waals surface area contributed by atoms with E-state index in [2.05, 4.69) is 26.2 Å². The third-order valence-electron chi connectivity index (χ3n) is 3.12. The average Bonchev–Trinajstić information content (AvgIpc) is 2.83. The van der Waals surface area contributed by atoms with Gasteiger partial charge >= 0.3 is 12.0 Å². The number of aliphatic carboxylic acids is 1. The van der Waals surface area contributed by atoms with Gasteiger partial charge < -0.3 is 15.3 Å². The van der Waals surface area contributed by atoms with Gasteiger partial charge in [-0.3, -0.25) is 9.78 Å². The SMILES string of the molecule is Cc1ncc(Br)cc1NC(=O)N1CCC(C(=O)O)C1. The van der Waals surface area contributed by atoms with Crippen LogP contribution in [-0.4, -0.2) is 40.1 Å². The van der Waals surface area contributed by atoms with Crippen LogP contribution in [0.4, 0.5) is 10.5 Å². The molecule has 2 N–H and O–H groups in total. The van der Waals surface area contributed by atoms with Gasteiger partial charge in [-0.25, -0.2) is 4.79 Å². The maximum absolute atomic E-state index is 12.0. The molecule has 6 nitrogen and oxygen atoms in total. The fraction of sp³-hybridized carbons (Fsp3) is 0.417. The van der Waals surface area contributed by atoms with Gasteiger partial charge in [0.2, 0.25) is 0 Å². The van der Waals surface area contributed by atoms with Crippen LogP contribution in [0.15, 0.2) is 16.7 Å². The highest BCUT2D eigenvalue weighted by atomic mass is 79.9. The number of pyridine rings is 1. The van der Waals surface area contributed by atoms with E-state index in [0.29, 0.717) is 24.3 Å².